The summed E-state index contributed by atoms with van der Waals surface area (Å²) in [5.74, 6) is -0.281. The molecule has 0 spiro atoms. The molecule has 1 N–H and O–H groups in total. The Kier molecular flexibility index (Phi) is 6.30. The molecular formula is C27H30N2O3S. The van der Waals surface area contributed by atoms with Gasteiger partial charge in [-0.25, -0.2) is 8.42 Å². The van der Waals surface area contributed by atoms with E-state index in [0.29, 0.717) is 25.1 Å². The van der Waals surface area contributed by atoms with E-state index in [9.17, 15) is 13.2 Å². The number of hydrogen-bond acceptors (Lipinski definition) is 3. The van der Waals surface area contributed by atoms with Crippen molar-refractivity contribution in [2.24, 2.45) is 0 Å². The quantitative estimate of drug-likeness (QED) is 0.588. The van der Waals surface area contributed by atoms with E-state index in [4.69, 9.17) is 0 Å². The third kappa shape index (κ3) is 4.81. The van der Waals surface area contributed by atoms with Gasteiger partial charge in [0.15, 0.2) is 0 Å². The molecule has 3 aromatic carbocycles. The maximum absolute atomic E-state index is 13.7. The van der Waals surface area contributed by atoms with Crippen molar-refractivity contribution in [3.05, 3.63) is 95.6 Å². The number of carbonyl (C=O) groups is 1. The minimum absolute atomic E-state index is 0.0797. The summed E-state index contributed by atoms with van der Waals surface area (Å²) in [6, 6.07) is 23.4. The average Bonchev–Trinajstić information content (AvgIpc) is 3.20. The number of nitrogens with zero attached hydrogens (tertiary/aromatic N) is 1. The SMILES string of the molecule is CC(C)(C)c1ccc(S(=O)(=O)N2c3ccccc3C[C@H]2C(=O)NCCc2ccccc2)cc1. The van der Waals surface area contributed by atoms with Crippen LogP contribution in [0.15, 0.2) is 83.8 Å². The van der Waals surface area contributed by atoms with Crippen LogP contribution in [0.1, 0.15) is 37.5 Å². The van der Waals surface area contributed by atoms with Crippen LogP contribution in [0.4, 0.5) is 5.69 Å². The van der Waals surface area contributed by atoms with E-state index in [1.165, 1.54) is 4.31 Å². The van der Waals surface area contributed by atoms with Gasteiger partial charge in [0.1, 0.15) is 6.04 Å². The standard InChI is InChI=1S/C27H30N2O3S/c1-27(2,3)22-13-15-23(16-14-22)33(31,32)29-24-12-8-7-11-21(24)19-25(29)26(30)28-18-17-20-9-5-4-6-10-20/h4-16,25H,17-19H2,1-3H3,(H,28,30)/t25-/m0/s1. The Bertz CT molecular complexity index is 1230. The van der Waals surface area contributed by atoms with E-state index in [2.05, 4.69) is 26.1 Å². The Morgan fingerprint density at radius 1 is 0.939 bits per heavy atom. The molecule has 3 aromatic rings. The van der Waals surface area contributed by atoms with Crippen LogP contribution in [0.5, 0.6) is 0 Å². The van der Waals surface area contributed by atoms with Gasteiger partial charge in [-0.1, -0.05) is 81.4 Å². The van der Waals surface area contributed by atoms with Gasteiger partial charge in [0.05, 0.1) is 10.6 Å². The molecule has 4 rings (SSSR count). The van der Waals surface area contributed by atoms with E-state index in [-0.39, 0.29) is 16.2 Å². The second-order valence-electron chi connectivity index (χ2n) is 9.45. The lowest BCUT2D eigenvalue weighted by molar-refractivity contribution is -0.122. The second-order valence-corrected chi connectivity index (χ2v) is 11.3. The fraction of sp³-hybridized carbons (Fsp3) is 0.296. The zero-order valence-corrected chi connectivity index (χ0v) is 20.1. The van der Waals surface area contributed by atoms with Gasteiger partial charge in [0.25, 0.3) is 10.0 Å². The number of carbonyl (C=O) groups excluding carboxylic acids is 1. The highest BCUT2D eigenvalue weighted by molar-refractivity contribution is 7.93. The molecule has 0 aliphatic carbocycles. The van der Waals surface area contributed by atoms with Crippen molar-refractivity contribution in [1.29, 1.82) is 0 Å². The van der Waals surface area contributed by atoms with Crippen molar-refractivity contribution in [3.8, 4) is 0 Å². The Labute approximate surface area is 196 Å². The number of nitrogens with one attached hydrogen (secondary N) is 1. The molecule has 0 fully saturated rings. The Morgan fingerprint density at radius 3 is 2.24 bits per heavy atom. The zero-order chi connectivity index (χ0) is 23.6. The van der Waals surface area contributed by atoms with Crippen molar-refractivity contribution in [3.63, 3.8) is 0 Å². The maximum atomic E-state index is 13.7. The van der Waals surface area contributed by atoms with Gasteiger partial charge in [0.2, 0.25) is 5.91 Å². The highest BCUT2D eigenvalue weighted by atomic mass is 32.2. The molecule has 0 saturated heterocycles. The van der Waals surface area contributed by atoms with Crippen molar-refractivity contribution in [2.75, 3.05) is 10.8 Å². The van der Waals surface area contributed by atoms with E-state index in [0.717, 1.165) is 16.7 Å². The smallest absolute Gasteiger partial charge is 0.265 e. The third-order valence-electron chi connectivity index (χ3n) is 6.06. The van der Waals surface area contributed by atoms with Crippen LogP contribution in [0, 0.1) is 0 Å². The molecule has 172 valence electrons. The maximum Gasteiger partial charge on any atom is 0.265 e. The summed E-state index contributed by atoms with van der Waals surface area (Å²) >= 11 is 0. The molecule has 0 radical (unpaired) electrons. The van der Waals surface area contributed by atoms with Gasteiger partial charge in [0, 0.05) is 13.0 Å². The first-order valence-electron chi connectivity index (χ1n) is 11.2. The number of rotatable bonds is 6. The summed E-state index contributed by atoms with van der Waals surface area (Å²) in [5, 5.41) is 2.95. The van der Waals surface area contributed by atoms with Crippen LogP contribution >= 0.6 is 0 Å². The lowest BCUT2D eigenvalue weighted by Gasteiger charge is -2.27. The average molecular weight is 463 g/mol. The van der Waals surface area contributed by atoms with Gasteiger partial charge in [-0.3, -0.25) is 9.10 Å². The number of amides is 1. The Morgan fingerprint density at radius 2 is 1.58 bits per heavy atom. The first-order valence-corrected chi connectivity index (χ1v) is 12.7. The summed E-state index contributed by atoms with van der Waals surface area (Å²) in [6.07, 6.45) is 1.04. The summed E-state index contributed by atoms with van der Waals surface area (Å²) in [6.45, 7) is 6.71. The summed E-state index contributed by atoms with van der Waals surface area (Å²) < 4.78 is 28.7. The van der Waals surface area contributed by atoms with Crippen molar-refractivity contribution in [1.82, 2.24) is 5.32 Å². The third-order valence-corrected chi connectivity index (χ3v) is 7.90. The molecule has 0 aromatic heterocycles. The van der Waals surface area contributed by atoms with Gasteiger partial charge in [-0.05, 0) is 46.7 Å². The molecule has 0 unspecified atom stereocenters. The van der Waals surface area contributed by atoms with Crippen LogP contribution in [0.25, 0.3) is 0 Å². The molecule has 0 saturated carbocycles. The molecule has 1 aliphatic rings. The predicted molar refractivity (Wildman–Crippen MR) is 132 cm³/mol. The Hall–Kier alpha value is -3.12. The van der Waals surface area contributed by atoms with Crippen LogP contribution in [0.3, 0.4) is 0 Å². The number of benzene rings is 3. The normalized spacial score (nSPS) is 15.8. The number of hydrogen-bond donors (Lipinski definition) is 1. The highest BCUT2D eigenvalue weighted by Gasteiger charge is 2.42. The number of sulfonamides is 1. The fourth-order valence-electron chi connectivity index (χ4n) is 4.19. The first-order chi connectivity index (χ1) is 15.7. The number of fused-ring (bicyclic) bond motifs is 1. The summed E-state index contributed by atoms with van der Waals surface area (Å²) in [7, 11) is -3.91. The molecular weight excluding hydrogens is 432 g/mol. The zero-order valence-electron chi connectivity index (χ0n) is 19.3. The largest absolute Gasteiger partial charge is 0.354 e. The van der Waals surface area contributed by atoms with Crippen LogP contribution in [-0.4, -0.2) is 26.9 Å². The predicted octanol–water partition coefficient (Wildman–Crippen LogP) is 4.46. The summed E-state index contributed by atoms with van der Waals surface area (Å²) in [5.41, 5.74) is 3.52. The van der Waals surface area contributed by atoms with E-state index in [1.807, 2.05) is 54.6 Å². The molecule has 1 atom stereocenters. The highest BCUT2D eigenvalue weighted by Crippen LogP contribution is 2.37. The monoisotopic (exact) mass is 462 g/mol. The van der Waals surface area contributed by atoms with Crippen LogP contribution < -0.4 is 9.62 Å². The molecule has 33 heavy (non-hydrogen) atoms. The van der Waals surface area contributed by atoms with Crippen LogP contribution in [0.2, 0.25) is 0 Å². The molecule has 1 aliphatic heterocycles. The van der Waals surface area contributed by atoms with Crippen molar-refractivity contribution in [2.45, 2.75) is 50.0 Å². The number of para-hydroxylation sites is 1. The van der Waals surface area contributed by atoms with Crippen molar-refractivity contribution < 1.29 is 13.2 Å². The summed E-state index contributed by atoms with van der Waals surface area (Å²) in [4.78, 5) is 13.3. The van der Waals surface area contributed by atoms with Crippen molar-refractivity contribution >= 4 is 21.6 Å². The van der Waals surface area contributed by atoms with Gasteiger partial charge in [-0.15, -0.1) is 0 Å². The fourth-order valence-corrected chi connectivity index (χ4v) is 5.84. The van der Waals surface area contributed by atoms with Gasteiger partial charge in [-0.2, -0.15) is 0 Å². The molecule has 1 amide bonds. The second kappa shape index (κ2) is 9.02. The number of anilines is 1. The Balaban J connectivity index is 1.59. The minimum Gasteiger partial charge on any atom is -0.354 e. The van der Waals surface area contributed by atoms with E-state index in [1.54, 1.807) is 24.3 Å². The van der Waals surface area contributed by atoms with Crippen LogP contribution in [-0.2, 0) is 33.1 Å². The molecule has 6 heteroatoms. The molecule has 5 nitrogen and oxygen atoms in total. The lowest BCUT2D eigenvalue weighted by Crippen LogP contribution is -2.48. The van der Waals surface area contributed by atoms with E-state index < -0.39 is 16.1 Å². The topological polar surface area (TPSA) is 66.5 Å². The van der Waals surface area contributed by atoms with Gasteiger partial charge >= 0.3 is 0 Å². The molecule has 1 heterocycles. The molecule has 0 bridgehead atoms. The minimum atomic E-state index is -3.91. The first kappa shape index (κ1) is 23.1. The van der Waals surface area contributed by atoms with E-state index >= 15 is 0 Å². The van der Waals surface area contributed by atoms with Gasteiger partial charge < -0.3 is 5.32 Å². The lowest BCUT2D eigenvalue weighted by atomic mass is 9.87.